The van der Waals surface area contributed by atoms with Crippen LogP contribution >= 0.6 is 7.82 Å². The van der Waals surface area contributed by atoms with Gasteiger partial charge in [0.2, 0.25) is 11.8 Å². The van der Waals surface area contributed by atoms with Gasteiger partial charge in [0.05, 0.1) is 26.1 Å². The number of rotatable bonds is 6. The molecule has 0 spiro atoms. The molecule has 2 aromatic heterocycles. The number of anilines is 1. The number of fused-ring (bicyclic) bond motifs is 2. The smallest absolute Gasteiger partial charge is 0.475 e. The zero-order valence-corrected chi connectivity index (χ0v) is 18.7. The van der Waals surface area contributed by atoms with E-state index in [2.05, 4.69) is 15.0 Å². The zero-order chi connectivity index (χ0) is 23.3. The molecule has 32 heavy (non-hydrogen) atoms. The van der Waals surface area contributed by atoms with E-state index in [-0.39, 0.29) is 30.2 Å². The molecule has 14 nitrogen and oxygen atoms in total. The number of phosphoric acid groups is 1. The summed E-state index contributed by atoms with van der Waals surface area (Å²) in [5.41, 5.74) is 4.61. The highest BCUT2D eigenvalue weighted by Gasteiger charge is 2.60. The SMILES string of the molecule is COc1nc(N)nc2c1ncn2C1OC2COP(=O)(OCC(=O)OC(C)C)OC2C1(C)O. The van der Waals surface area contributed by atoms with E-state index in [9.17, 15) is 14.5 Å². The third-order valence-electron chi connectivity index (χ3n) is 4.92. The summed E-state index contributed by atoms with van der Waals surface area (Å²) in [7, 11) is -2.75. The summed E-state index contributed by atoms with van der Waals surface area (Å²) in [6, 6.07) is 0. The van der Waals surface area contributed by atoms with Crippen LogP contribution in [0.2, 0.25) is 0 Å². The molecule has 0 radical (unpaired) electrons. The van der Waals surface area contributed by atoms with Gasteiger partial charge in [-0.3, -0.25) is 18.1 Å². The van der Waals surface area contributed by atoms with Crippen molar-refractivity contribution in [2.45, 2.75) is 50.9 Å². The Bertz CT molecular complexity index is 1070. The second kappa shape index (κ2) is 8.21. The molecule has 176 valence electrons. The number of esters is 1. The lowest BCUT2D eigenvalue weighted by molar-refractivity contribution is -0.151. The third-order valence-corrected chi connectivity index (χ3v) is 6.31. The van der Waals surface area contributed by atoms with Crippen LogP contribution in [0, 0.1) is 0 Å². The van der Waals surface area contributed by atoms with Gasteiger partial charge in [-0.1, -0.05) is 0 Å². The quantitative estimate of drug-likeness (QED) is 0.439. The van der Waals surface area contributed by atoms with Crippen molar-refractivity contribution in [3.63, 3.8) is 0 Å². The number of aromatic nitrogens is 4. The molecule has 15 heteroatoms. The van der Waals surface area contributed by atoms with Crippen molar-refractivity contribution in [3.05, 3.63) is 6.33 Å². The summed E-state index contributed by atoms with van der Waals surface area (Å²) >= 11 is 0. The van der Waals surface area contributed by atoms with Gasteiger partial charge in [0.1, 0.15) is 17.8 Å². The zero-order valence-electron chi connectivity index (χ0n) is 17.8. The van der Waals surface area contributed by atoms with E-state index in [4.69, 9.17) is 33.5 Å². The Morgan fingerprint density at radius 1 is 1.47 bits per heavy atom. The second-order valence-electron chi connectivity index (χ2n) is 7.75. The molecular formula is C17H24N5O9P. The lowest BCUT2D eigenvalue weighted by Crippen LogP contribution is -2.47. The topological polar surface area (TPSA) is 179 Å². The van der Waals surface area contributed by atoms with E-state index in [1.807, 2.05) is 0 Å². The maximum atomic E-state index is 12.9. The van der Waals surface area contributed by atoms with Gasteiger partial charge >= 0.3 is 13.8 Å². The van der Waals surface area contributed by atoms with Crippen molar-refractivity contribution in [3.8, 4) is 5.88 Å². The molecule has 0 amide bonds. The number of methoxy groups -OCH3 is 1. The van der Waals surface area contributed by atoms with Gasteiger partial charge < -0.3 is 25.1 Å². The number of hydrogen-bond acceptors (Lipinski definition) is 13. The first-order valence-corrected chi connectivity index (χ1v) is 11.2. The molecule has 0 saturated carbocycles. The Kier molecular flexibility index (Phi) is 5.86. The minimum atomic E-state index is -4.16. The van der Waals surface area contributed by atoms with E-state index >= 15 is 0 Å². The minimum Gasteiger partial charge on any atom is -0.479 e. The molecule has 0 aliphatic carbocycles. The number of carbonyl (C=O) groups is 1. The number of ether oxygens (including phenoxy) is 3. The average Bonchev–Trinajstić information content (AvgIpc) is 3.23. The van der Waals surface area contributed by atoms with Crippen LogP contribution < -0.4 is 10.5 Å². The summed E-state index contributed by atoms with van der Waals surface area (Å²) in [5, 5.41) is 11.3. The standard InChI is InChI=1S/C17H24N5O9P/c1-8(2)29-10(23)6-28-32(25)27-5-9-12(31-32)17(3,24)15(30-9)22-7-19-11-13(22)20-16(18)21-14(11)26-4/h7-9,12,15,24H,5-6H2,1-4H3,(H2,18,20,21). The first-order chi connectivity index (χ1) is 15.0. The average molecular weight is 473 g/mol. The Hall–Kier alpha value is -2.35. The fourth-order valence-corrected chi connectivity index (χ4v) is 5.01. The molecule has 3 N–H and O–H groups in total. The van der Waals surface area contributed by atoms with Crippen molar-refractivity contribution in [1.82, 2.24) is 19.5 Å². The second-order valence-corrected chi connectivity index (χ2v) is 9.37. The van der Waals surface area contributed by atoms with Gasteiger partial charge in [-0.05, 0) is 20.8 Å². The molecule has 2 saturated heterocycles. The van der Waals surface area contributed by atoms with Crippen molar-refractivity contribution in [2.24, 2.45) is 0 Å². The van der Waals surface area contributed by atoms with Crippen LogP contribution in [0.15, 0.2) is 6.33 Å². The largest absolute Gasteiger partial charge is 0.479 e. The maximum Gasteiger partial charge on any atom is 0.475 e. The van der Waals surface area contributed by atoms with Gasteiger partial charge in [0, 0.05) is 0 Å². The van der Waals surface area contributed by atoms with Crippen LogP contribution in [-0.4, -0.2) is 74.8 Å². The summed E-state index contributed by atoms with van der Waals surface area (Å²) in [6.07, 6.45) is -1.93. The fraction of sp³-hybridized carbons (Fsp3) is 0.647. The van der Waals surface area contributed by atoms with Crippen molar-refractivity contribution >= 4 is 30.9 Å². The van der Waals surface area contributed by atoms with Crippen LogP contribution in [-0.2, 0) is 32.4 Å². The fourth-order valence-electron chi connectivity index (χ4n) is 3.59. The van der Waals surface area contributed by atoms with Crippen LogP contribution in [0.5, 0.6) is 5.88 Å². The number of nitrogens with zero attached hydrogens (tertiary/aromatic N) is 4. The van der Waals surface area contributed by atoms with Gasteiger partial charge in [0.15, 0.2) is 24.0 Å². The van der Waals surface area contributed by atoms with E-state index in [0.29, 0.717) is 5.52 Å². The predicted molar refractivity (Wildman–Crippen MR) is 106 cm³/mol. The molecular weight excluding hydrogens is 449 g/mol. The van der Waals surface area contributed by atoms with E-state index in [0.717, 1.165) is 0 Å². The van der Waals surface area contributed by atoms with Crippen LogP contribution in [0.3, 0.4) is 0 Å². The molecule has 2 fully saturated rings. The molecule has 5 unspecified atom stereocenters. The highest BCUT2D eigenvalue weighted by Crippen LogP contribution is 2.58. The van der Waals surface area contributed by atoms with E-state index in [1.165, 1.54) is 24.9 Å². The Morgan fingerprint density at radius 3 is 2.91 bits per heavy atom. The van der Waals surface area contributed by atoms with Crippen LogP contribution in [0.25, 0.3) is 11.2 Å². The lowest BCUT2D eigenvalue weighted by atomic mass is 9.96. The van der Waals surface area contributed by atoms with Gasteiger partial charge in [0.25, 0.3) is 0 Å². The third kappa shape index (κ3) is 4.05. The molecule has 2 aliphatic heterocycles. The first-order valence-electron chi connectivity index (χ1n) is 9.73. The van der Waals surface area contributed by atoms with Gasteiger partial charge in [-0.25, -0.2) is 14.3 Å². The maximum absolute atomic E-state index is 12.9. The molecule has 4 heterocycles. The summed E-state index contributed by atoms with van der Waals surface area (Å²) in [6.45, 7) is 3.93. The van der Waals surface area contributed by atoms with E-state index < -0.39 is 44.4 Å². The number of carbonyl (C=O) groups excluding carboxylic acids is 1. The Balaban J connectivity index is 1.56. The minimum absolute atomic E-state index is 0.0584. The Morgan fingerprint density at radius 2 is 2.22 bits per heavy atom. The van der Waals surface area contributed by atoms with E-state index in [1.54, 1.807) is 13.8 Å². The predicted octanol–water partition coefficient (Wildman–Crippen LogP) is 0.557. The van der Waals surface area contributed by atoms with Crippen LogP contribution in [0.1, 0.15) is 27.0 Å². The summed E-state index contributed by atoms with van der Waals surface area (Å²) in [5.74, 6) is -0.628. The number of imidazole rings is 1. The molecule has 4 rings (SSSR count). The van der Waals surface area contributed by atoms with Gasteiger partial charge in [-0.2, -0.15) is 9.97 Å². The number of nitrogens with two attached hydrogens (primary N) is 1. The molecule has 0 aromatic carbocycles. The molecule has 0 bridgehead atoms. The summed E-state index contributed by atoms with van der Waals surface area (Å²) < 4.78 is 46.1. The van der Waals surface area contributed by atoms with Gasteiger partial charge in [-0.15, -0.1) is 0 Å². The Labute approximate surface area is 182 Å². The number of hydrogen-bond donors (Lipinski definition) is 2. The number of aliphatic hydroxyl groups is 1. The highest BCUT2D eigenvalue weighted by molar-refractivity contribution is 7.48. The van der Waals surface area contributed by atoms with Crippen LogP contribution in [0.4, 0.5) is 5.95 Å². The number of nitrogen functional groups attached to an aromatic ring is 1. The molecule has 5 atom stereocenters. The lowest BCUT2D eigenvalue weighted by Gasteiger charge is -2.34. The normalized spacial score (nSPS) is 32.2. The molecule has 2 aromatic rings. The van der Waals surface area contributed by atoms with Crippen molar-refractivity contribution in [2.75, 3.05) is 26.1 Å². The number of phosphoric ester groups is 1. The summed E-state index contributed by atoms with van der Waals surface area (Å²) in [4.78, 5) is 24.1. The van der Waals surface area contributed by atoms with Crippen molar-refractivity contribution in [1.29, 1.82) is 0 Å². The first kappa shape index (κ1) is 22.8. The van der Waals surface area contributed by atoms with Crippen molar-refractivity contribution < 1.29 is 42.2 Å². The molecule has 2 aliphatic rings. The monoisotopic (exact) mass is 473 g/mol. The highest BCUT2D eigenvalue weighted by atomic mass is 31.2.